The number of amides is 1. The lowest BCUT2D eigenvalue weighted by Gasteiger charge is -2.02. The number of nitriles is 1. The first-order chi connectivity index (χ1) is 9.31. The smallest absolute Gasteiger partial charge is 0.258 e. The number of aromatic nitrogens is 1. The largest absolute Gasteiger partial charge is 0.306 e. The Morgan fingerprint density at radius 2 is 1.95 bits per heavy atom. The molecule has 90 valence electrons. The van der Waals surface area contributed by atoms with Crippen LogP contribution in [0.15, 0.2) is 48.7 Å². The molecule has 0 bridgehead atoms. The number of anilines is 1. The Morgan fingerprint density at radius 3 is 2.68 bits per heavy atom. The summed E-state index contributed by atoms with van der Waals surface area (Å²) in [5.74, 6) is 0.222. The van der Waals surface area contributed by atoms with Gasteiger partial charge in [0.15, 0.2) is 0 Å². The maximum atomic E-state index is 12.0. The van der Waals surface area contributed by atoms with Gasteiger partial charge in [-0.2, -0.15) is 5.26 Å². The van der Waals surface area contributed by atoms with Gasteiger partial charge in [0.2, 0.25) is 0 Å². The molecule has 19 heavy (non-hydrogen) atoms. The fourth-order valence-corrected chi connectivity index (χ4v) is 2.12. The molecule has 0 saturated heterocycles. The zero-order valence-corrected chi connectivity index (χ0v) is 9.92. The second-order valence-corrected chi connectivity index (χ2v) is 4.08. The maximum Gasteiger partial charge on any atom is 0.258 e. The number of benzene rings is 1. The number of hydrogen-bond acceptors (Lipinski definition) is 3. The number of rotatable bonds is 1. The highest BCUT2D eigenvalue weighted by molar-refractivity contribution is 6.37. The van der Waals surface area contributed by atoms with Crippen LogP contribution in [0.25, 0.3) is 11.1 Å². The minimum Gasteiger partial charge on any atom is -0.306 e. The van der Waals surface area contributed by atoms with E-state index in [-0.39, 0.29) is 5.91 Å². The normalized spacial score (nSPS) is 15.4. The van der Waals surface area contributed by atoms with Crippen LogP contribution in [-0.2, 0) is 4.79 Å². The van der Waals surface area contributed by atoms with E-state index in [9.17, 15) is 10.1 Å². The molecule has 0 fully saturated rings. The quantitative estimate of drug-likeness (QED) is 0.621. The Hall–Kier alpha value is -2.93. The number of carbonyl (C=O) groups excluding carboxylic acids is 1. The van der Waals surface area contributed by atoms with E-state index in [1.165, 1.54) is 0 Å². The number of nitrogens with zero attached hydrogens (tertiary/aromatic N) is 2. The zero-order chi connectivity index (χ0) is 13.2. The van der Waals surface area contributed by atoms with Crippen LogP contribution in [0.2, 0.25) is 0 Å². The lowest BCUT2D eigenvalue weighted by molar-refractivity contribution is -0.110. The van der Waals surface area contributed by atoms with Crippen molar-refractivity contribution in [2.24, 2.45) is 0 Å². The molecule has 4 heteroatoms. The van der Waals surface area contributed by atoms with E-state index in [1.807, 2.05) is 30.3 Å². The summed E-state index contributed by atoms with van der Waals surface area (Å²) in [5.41, 5.74) is 2.15. The van der Waals surface area contributed by atoms with Gasteiger partial charge in [0.25, 0.3) is 5.91 Å². The van der Waals surface area contributed by atoms with Crippen molar-refractivity contribution in [1.82, 2.24) is 4.98 Å². The summed E-state index contributed by atoms with van der Waals surface area (Å²) >= 11 is 0. The summed E-state index contributed by atoms with van der Waals surface area (Å²) in [4.78, 5) is 16.1. The van der Waals surface area contributed by atoms with Gasteiger partial charge < -0.3 is 5.32 Å². The predicted octanol–water partition coefficient (Wildman–Crippen LogP) is 2.47. The van der Waals surface area contributed by atoms with E-state index >= 15 is 0 Å². The third-order valence-corrected chi connectivity index (χ3v) is 2.96. The molecular formula is C15H9N3O. The Morgan fingerprint density at radius 1 is 1.16 bits per heavy atom. The molecule has 1 aromatic heterocycles. The summed E-state index contributed by atoms with van der Waals surface area (Å²) in [6.07, 6.45) is 1.61. The van der Waals surface area contributed by atoms with Crippen LogP contribution in [0.4, 0.5) is 5.82 Å². The van der Waals surface area contributed by atoms with Crippen molar-refractivity contribution in [2.45, 2.75) is 0 Å². The van der Waals surface area contributed by atoms with Crippen molar-refractivity contribution in [2.75, 3.05) is 5.32 Å². The van der Waals surface area contributed by atoms with Gasteiger partial charge in [0, 0.05) is 11.8 Å². The van der Waals surface area contributed by atoms with E-state index in [0.717, 1.165) is 5.56 Å². The molecule has 0 unspecified atom stereocenters. The molecule has 0 spiro atoms. The first-order valence-electron chi connectivity index (χ1n) is 5.78. The number of pyridine rings is 1. The number of fused-ring (bicyclic) bond motifs is 1. The zero-order valence-electron chi connectivity index (χ0n) is 9.92. The molecule has 1 aliphatic heterocycles. The molecule has 2 heterocycles. The maximum absolute atomic E-state index is 12.0. The number of hydrogen-bond donors (Lipinski definition) is 1. The Kier molecular flexibility index (Phi) is 2.58. The molecule has 2 aromatic rings. The molecule has 0 atom stereocenters. The topological polar surface area (TPSA) is 65.8 Å². The third-order valence-electron chi connectivity index (χ3n) is 2.96. The van der Waals surface area contributed by atoms with Crippen molar-refractivity contribution < 1.29 is 4.79 Å². The first kappa shape index (κ1) is 11.2. The number of allylic oxidation sites excluding steroid dienone is 1. The van der Waals surface area contributed by atoms with E-state index < -0.39 is 0 Å². The van der Waals surface area contributed by atoms with Gasteiger partial charge >= 0.3 is 0 Å². The van der Waals surface area contributed by atoms with E-state index in [4.69, 9.17) is 0 Å². The molecule has 0 aliphatic carbocycles. The van der Waals surface area contributed by atoms with Crippen molar-refractivity contribution in [3.05, 3.63) is 59.8 Å². The molecule has 1 amide bonds. The van der Waals surface area contributed by atoms with Crippen LogP contribution in [0.1, 0.15) is 11.1 Å². The highest BCUT2D eigenvalue weighted by atomic mass is 16.2. The molecule has 0 saturated carbocycles. The van der Waals surface area contributed by atoms with Crippen LogP contribution in [0.5, 0.6) is 0 Å². The summed E-state index contributed by atoms with van der Waals surface area (Å²) in [7, 11) is 0. The average Bonchev–Trinajstić information content (AvgIpc) is 2.78. The molecular weight excluding hydrogens is 238 g/mol. The van der Waals surface area contributed by atoms with Crippen LogP contribution < -0.4 is 5.32 Å². The summed E-state index contributed by atoms with van der Waals surface area (Å²) in [6, 6.07) is 14.8. The molecule has 4 nitrogen and oxygen atoms in total. The number of nitrogens with one attached hydrogen (secondary N) is 1. The first-order valence-corrected chi connectivity index (χ1v) is 5.78. The summed E-state index contributed by atoms with van der Waals surface area (Å²) in [5, 5.41) is 12.0. The van der Waals surface area contributed by atoms with E-state index in [2.05, 4.69) is 16.4 Å². The number of carbonyl (C=O) groups is 1. The molecule has 1 N–H and O–H groups in total. The Bertz CT molecular complexity index is 727. The van der Waals surface area contributed by atoms with Crippen LogP contribution in [0.3, 0.4) is 0 Å². The Labute approximate surface area is 110 Å². The molecule has 1 aromatic carbocycles. The third kappa shape index (κ3) is 1.78. The van der Waals surface area contributed by atoms with Crippen molar-refractivity contribution in [1.29, 1.82) is 5.26 Å². The fourth-order valence-electron chi connectivity index (χ4n) is 2.12. The van der Waals surface area contributed by atoms with Gasteiger partial charge in [0.1, 0.15) is 11.9 Å². The monoisotopic (exact) mass is 247 g/mol. The van der Waals surface area contributed by atoms with Crippen molar-refractivity contribution in [3.63, 3.8) is 0 Å². The molecule has 1 aliphatic rings. The second-order valence-electron chi connectivity index (χ2n) is 4.08. The minimum absolute atomic E-state index is 0.283. The van der Waals surface area contributed by atoms with Gasteiger partial charge in [-0.05, 0) is 17.7 Å². The van der Waals surface area contributed by atoms with Gasteiger partial charge in [-0.1, -0.05) is 30.3 Å². The van der Waals surface area contributed by atoms with Crippen LogP contribution in [0, 0.1) is 11.3 Å². The van der Waals surface area contributed by atoms with E-state index in [1.54, 1.807) is 18.3 Å². The predicted molar refractivity (Wildman–Crippen MR) is 71.7 cm³/mol. The summed E-state index contributed by atoms with van der Waals surface area (Å²) in [6.45, 7) is 0. The highest BCUT2D eigenvalue weighted by Gasteiger charge is 2.28. The van der Waals surface area contributed by atoms with Gasteiger partial charge in [-0.25, -0.2) is 4.98 Å². The van der Waals surface area contributed by atoms with Crippen LogP contribution >= 0.6 is 0 Å². The molecule has 0 radical (unpaired) electrons. The van der Waals surface area contributed by atoms with Gasteiger partial charge in [0.05, 0.1) is 11.1 Å². The summed E-state index contributed by atoms with van der Waals surface area (Å²) < 4.78 is 0. The Balaban J connectivity index is 2.27. The van der Waals surface area contributed by atoms with Crippen molar-refractivity contribution in [3.8, 4) is 6.07 Å². The van der Waals surface area contributed by atoms with E-state index in [0.29, 0.717) is 22.5 Å². The van der Waals surface area contributed by atoms with Gasteiger partial charge in [-0.15, -0.1) is 0 Å². The second kappa shape index (κ2) is 4.39. The lowest BCUT2D eigenvalue weighted by Crippen LogP contribution is -2.06. The minimum atomic E-state index is -0.283. The lowest BCUT2D eigenvalue weighted by atomic mass is 9.97. The van der Waals surface area contributed by atoms with Crippen LogP contribution in [-0.4, -0.2) is 10.9 Å². The highest BCUT2D eigenvalue weighted by Crippen LogP contribution is 2.35. The van der Waals surface area contributed by atoms with Crippen molar-refractivity contribution >= 4 is 22.9 Å². The SMILES string of the molecule is N#C/C(=C1/C(=O)Nc2ncccc21)c1ccccc1. The fraction of sp³-hybridized carbons (Fsp3) is 0. The standard InChI is InChI=1S/C15H9N3O/c16-9-12(10-5-2-1-3-6-10)13-11-7-4-8-17-14(11)18-15(13)19/h1-8H,(H,17,18,19)/b13-12-. The van der Waals surface area contributed by atoms with Gasteiger partial charge in [-0.3, -0.25) is 4.79 Å². The molecule has 3 rings (SSSR count). The average molecular weight is 247 g/mol.